The van der Waals surface area contributed by atoms with Gasteiger partial charge in [0.05, 0.1) is 7.11 Å². The smallest absolute Gasteiger partial charge is 0.261 e. The van der Waals surface area contributed by atoms with Crippen LogP contribution in [0.25, 0.3) is 0 Å². The predicted molar refractivity (Wildman–Crippen MR) is 121 cm³/mol. The highest BCUT2D eigenvalue weighted by Gasteiger charge is 2.28. The number of methoxy groups -OCH3 is 1. The van der Waals surface area contributed by atoms with Crippen LogP contribution in [0, 0.1) is 13.8 Å². The lowest BCUT2D eigenvalue weighted by atomic mass is 10.1. The van der Waals surface area contributed by atoms with Gasteiger partial charge in [-0.15, -0.1) is 0 Å². The molecular formula is C23H29BrN2O4. The van der Waals surface area contributed by atoms with E-state index in [1.807, 2.05) is 57.2 Å². The van der Waals surface area contributed by atoms with Gasteiger partial charge in [-0.25, -0.2) is 0 Å². The molecule has 0 spiro atoms. The number of halogens is 1. The van der Waals surface area contributed by atoms with Crippen molar-refractivity contribution in [2.45, 2.75) is 39.8 Å². The van der Waals surface area contributed by atoms with E-state index in [0.717, 1.165) is 26.9 Å². The van der Waals surface area contributed by atoms with E-state index in [9.17, 15) is 9.59 Å². The van der Waals surface area contributed by atoms with Crippen LogP contribution in [0.15, 0.2) is 40.9 Å². The van der Waals surface area contributed by atoms with Crippen LogP contribution in [-0.2, 0) is 16.1 Å². The van der Waals surface area contributed by atoms with Crippen molar-refractivity contribution < 1.29 is 19.1 Å². The molecule has 0 radical (unpaired) electrons. The molecule has 0 aromatic heterocycles. The van der Waals surface area contributed by atoms with Crippen LogP contribution >= 0.6 is 15.9 Å². The highest BCUT2D eigenvalue weighted by Crippen LogP contribution is 2.26. The first-order valence-corrected chi connectivity index (χ1v) is 10.6. The van der Waals surface area contributed by atoms with Gasteiger partial charge in [-0.2, -0.15) is 0 Å². The normalized spacial score (nSPS) is 11.5. The van der Waals surface area contributed by atoms with E-state index in [2.05, 4.69) is 21.2 Å². The summed E-state index contributed by atoms with van der Waals surface area (Å²) >= 11 is 3.53. The lowest BCUT2D eigenvalue weighted by Crippen LogP contribution is -2.49. The molecule has 1 atom stereocenters. The predicted octanol–water partition coefficient (Wildman–Crippen LogP) is 4.01. The maximum atomic E-state index is 13.1. The minimum absolute atomic E-state index is 0.149. The molecule has 0 fully saturated rings. The fraction of sp³-hybridized carbons (Fsp3) is 0.391. The van der Waals surface area contributed by atoms with Crippen LogP contribution in [0.5, 0.6) is 11.5 Å². The number of hydrogen-bond acceptors (Lipinski definition) is 4. The topological polar surface area (TPSA) is 67.9 Å². The Bertz CT molecular complexity index is 860. The van der Waals surface area contributed by atoms with Crippen molar-refractivity contribution in [3.05, 3.63) is 57.6 Å². The van der Waals surface area contributed by atoms with Crippen molar-refractivity contribution in [3.8, 4) is 11.5 Å². The fourth-order valence-electron chi connectivity index (χ4n) is 3.23. The maximum Gasteiger partial charge on any atom is 0.261 e. The maximum absolute atomic E-state index is 13.1. The average Bonchev–Trinajstić information content (AvgIpc) is 2.75. The summed E-state index contributed by atoms with van der Waals surface area (Å²) in [5, 5.41) is 2.65. The molecule has 7 heteroatoms. The molecule has 0 saturated heterocycles. The Morgan fingerprint density at radius 1 is 1.10 bits per heavy atom. The van der Waals surface area contributed by atoms with E-state index >= 15 is 0 Å². The monoisotopic (exact) mass is 476 g/mol. The van der Waals surface area contributed by atoms with E-state index in [-0.39, 0.29) is 18.4 Å². The van der Waals surface area contributed by atoms with Crippen LogP contribution in [0.1, 0.15) is 30.0 Å². The number of carbonyl (C=O) groups excluding carboxylic acids is 2. The molecule has 0 aliphatic rings. The minimum Gasteiger partial charge on any atom is -0.497 e. The molecule has 2 aromatic rings. The standard InChI is InChI=1S/C23H29BrN2O4/c1-6-20(23(28)25-4)26(13-17-7-9-18(29-5)10-8-17)21(27)14-30-19-11-15(2)22(24)16(3)12-19/h7-12,20H,6,13-14H2,1-5H3,(H,25,28)/t20-/m1/s1. The molecule has 1 N–H and O–H groups in total. The second-order valence-electron chi connectivity index (χ2n) is 7.07. The molecule has 0 aliphatic heterocycles. The van der Waals surface area contributed by atoms with Crippen molar-refractivity contribution in [2.75, 3.05) is 20.8 Å². The van der Waals surface area contributed by atoms with Gasteiger partial charge < -0.3 is 19.7 Å². The van der Waals surface area contributed by atoms with Gasteiger partial charge in [0.15, 0.2) is 6.61 Å². The number of nitrogens with one attached hydrogen (secondary N) is 1. The van der Waals surface area contributed by atoms with Gasteiger partial charge in [0.25, 0.3) is 5.91 Å². The van der Waals surface area contributed by atoms with Crippen LogP contribution < -0.4 is 14.8 Å². The zero-order valence-corrected chi connectivity index (χ0v) is 19.7. The molecule has 0 heterocycles. The molecular weight excluding hydrogens is 448 g/mol. The lowest BCUT2D eigenvalue weighted by molar-refractivity contribution is -0.142. The van der Waals surface area contributed by atoms with Crippen LogP contribution in [0.2, 0.25) is 0 Å². The summed E-state index contributed by atoms with van der Waals surface area (Å²) in [6.45, 7) is 5.98. The Hall–Kier alpha value is -2.54. The Morgan fingerprint density at radius 2 is 1.70 bits per heavy atom. The van der Waals surface area contributed by atoms with Gasteiger partial charge in [-0.05, 0) is 61.2 Å². The first kappa shape index (κ1) is 23.7. The van der Waals surface area contributed by atoms with Gasteiger partial charge in [-0.1, -0.05) is 35.0 Å². The summed E-state index contributed by atoms with van der Waals surface area (Å²) in [7, 11) is 3.18. The molecule has 2 amide bonds. The summed E-state index contributed by atoms with van der Waals surface area (Å²) < 4.78 is 12.0. The highest BCUT2D eigenvalue weighted by molar-refractivity contribution is 9.10. The zero-order chi connectivity index (χ0) is 22.3. The molecule has 2 aromatic carbocycles. The number of likely N-dealkylation sites (N-methyl/N-ethyl adjacent to an activating group) is 1. The number of aryl methyl sites for hydroxylation is 2. The number of ether oxygens (including phenoxy) is 2. The van der Waals surface area contributed by atoms with Crippen molar-refractivity contribution in [2.24, 2.45) is 0 Å². The Morgan fingerprint density at radius 3 is 2.20 bits per heavy atom. The SMILES string of the molecule is CC[C@H](C(=O)NC)N(Cc1ccc(OC)cc1)C(=O)COc1cc(C)c(Br)c(C)c1. The average molecular weight is 477 g/mol. The van der Waals surface area contributed by atoms with E-state index in [1.165, 1.54) is 0 Å². The Balaban J connectivity index is 2.21. The van der Waals surface area contributed by atoms with Gasteiger partial charge >= 0.3 is 0 Å². The largest absolute Gasteiger partial charge is 0.497 e. The molecule has 0 unspecified atom stereocenters. The Labute approximate surface area is 186 Å². The summed E-state index contributed by atoms with van der Waals surface area (Å²) in [5.74, 6) is 0.910. The number of benzene rings is 2. The summed E-state index contributed by atoms with van der Waals surface area (Å²) in [4.78, 5) is 27.1. The van der Waals surface area contributed by atoms with E-state index in [0.29, 0.717) is 18.7 Å². The third-order valence-electron chi connectivity index (χ3n) is 4.92. The molecule has 0 aliphatic carbocycles. The van der Waals surface area contributed by atoms with E-state index < -0.39 is 6.04 Å². The third-order valence-corrected chi connectivity index (χ3v) is 6.17. The van der Waals surface area contributed by atoms with Gasteiger partial charge in [0.1, 0.15) is 17.5 Å². The third kappa shape index (κ3) is 5.98. The second-order valence-corrected chi connectivity index (χ2v) is 7.86. The van der Waals surface area contributed by atoms with E-state index in [1.54, 1.807) is 19.1 Å². The second kappa shape index (κ2) is 11.0. The number of nitrogens with zero attached hydrogens (tertiary/aromatic N) is 1. The van der Waals surface area contributed by atoms with Crippen LogP contribution in [0.3, 0.4) is 0 Å². The molecule has 0 saturated carbocycles. The van der Waals surface area contributed by atoms with Crippen molar-refractivity contribution in [3.63, 3.8) is 0 Å². The van der Waals surface area contributed by atoms with Crippen molar-refractivity contribution in [1.29, 1.82) is 0 Å². The Kier molecular flexibility index (Phi) is 8.72. The minimum atomic E-state index is -0.582. The first-order valence-electron chi connectivity index (χ1n) is 9.84. The quantitative estimate of drug-likeness (QED) is 0.593. The first-order chi connectivity index (χ1) is 14.3. The fourth-order valence-corrected chi connectivity index (χ4v) is 3.46. The molecule has 6 nitrogen and oxygen atoms in total. The molecule has 162 valence electrons. The summed E-state index contributed by atoms with van der Waals surface area (Å²) in [6, 6.07) is 10.6. The van der Waals surface area contributed by atoms with E-state index in [4.69, 9.17) is 9.47 Å². The zero-order valence-electron chi connectivity index (χ0n) is 18.1. The number of amides is 2. The molecule has 0 bridgehead atoms. The van der Waals surface area contributed by atoms with Crippen molar-refractivity contribution in [1.82, 2.24) is 10.2 Å². The summed E-state index contributed by atoms with van der Waals surface area (Å²) in [6.07, 6.45) is 0.498. The number of carbonyl (C=O) groups is 2. The lowest BCUT2D eigenvalue weighted by Gasteiger charge is -2.30. The van der Waals surface area contributed by atoms with Gasteiger partial charge in [-0.3, -0.25) is 9.59 Å². The number of rotatable bonds is 9. The number of hydrogen-bond donors (Lipinski definition) is 1. The van der Waals surface area contributed by atoms with Gasteiger partial charge in [0.2, 0.25) is 5.91 Å². The van der Waals surface area contributed by atoms with Crippen molar-refractivity contribution >= 4 is 27.7 Å². The molecule has 2 rings (SSSR count). The summed E-state index contributed by atoms with van der Waals surface area (Å²) in [5.41, 5.74) is 2.97. The van der Waals surface area contributed by atoms with Crippen LogP contribution in [0.4, 0.5) is 0 Å². The molecule has 30 heavy (non-hydrogen) atoms. The van der Waals surface area contributed by atoms with Crippen LogP contribution in [-0.4, -0.2) is 43.5 Å². The van der Waals surface area contributed by atoms with Gasteiger partial charge in [0, 0.05) is 18.1 Å². The highest BCUT2D eigenvalue weighted by atomic mass is 79.9.